The molecule has 0 unspecified atom stereocenters. The minimum Gasteiger partial charge on any atom is -0.474 e. The van der Waals surface area contributed by atoms with Crippen molar-refractivity contribution >= 4 is 23.3 Å². The molecule has 126 valence electrons. The lowest BCUT2D eigenvalue weighted by Crippen LogP contribution is -2.43. The van der Waals surface area contributed by atoms with Gasteiger partial charge in [-0.25, -0.2) is 14.2 Å². The van der Waals surface area contributed by atoms with E-state index in [1.807, 2.05) is 0 Å². The van der Waals surface area contributed by atoms with E-state index in [9.17, 15) is 9.18 Å². The minimum atomic E-state index is -0.446. The van der Waals surface area contributed by atoms with Crippen LogP contribution in [-0.4, -0.2) is 35.1 Å². The average molecular weight is 350 g/mol. The summed E-state index contributed by atoms with van der Waals surface area (Å²) in [6.45, 7) is 1.08. The second kappa shape index (κ2) is 7.49. The highest BCUT2D eigenvalue weighted by molar-refractivity contribution is 6.30. The van der Waals surface area contributed by atoms with Crippen LogP contribution in [0.4, 0.5) is 14.9 Å². The van der Waals surface area contributed by atoms with E-state index in [0.29, 0.717) is 36.8 Å². The van der Waals surface area contributed by atoms with Crippen molar-refractivity contribution in [3.05, 3.63) is 53.4 Å². The molecule has 1 N–H and O–H groups in total. The van der Waals surface area contributed by atoms with Gasteiger partial charge in [-0.2, -0.15) is 0 Å². The van der Waals surface area contributed by atoms with Crippen LogP contribution in [0.2, 0.25) is 5.02 Å². The Hall–Kier alpha value is -2.34. The van der Waals surface area contributed by atoms with Crippen molar-refractivity contribution in [1.82, 2.24) is 9.88 Å². The standard InChI is InChI=1S/C17H17ClFN3O2/c18-12-5-6-16(20-11-12)24-13-7-9-22(10-8-13)17(23)21-15-4-2-1-3-14(15)19/h1-6,11,13H,7-10H2,(H,21,23). The molecule has 1 aromatic carbocycles. The Morgan fingerprint density at radius 3 is 2.67 bits per heavy atom. The maximum Gasteiger partial charge on any atom is 0.321 e. The monoisotopic (exact) mass is 349 g/mol. The molecule has 1 aliphatic heterocycles. The summed E-state index contributed by atoms with van der Waals surface area (Å²) >= 11 is 5.79. The van der Waals surface area contributed by atoms with Gasteiger partial charge in [-0.1, -0.05) is 23.7 Å². The van der Waals surface area contributed by atoms with Gasteiger partial charge < -0.3 is 15.0 Å². The topological polar surface area (TPSA) is 54.5 Å². The van der Waals surface area contributed by atoms with Gasteiger partial charge >= 0.3 is 6.03 Å². The lowest BCUT2D eigenvalue weighted by atomic mass is 10.1. The lowest BCUT2D eigenvalue weighted by molar-refractivity contribution is 0.111. The molecule has 0 bridgehead atoms. The molecule has 1 aliphatic rings. The predicted molar refractivity (Wildman–Crippen MR) is 89.9 cm³/mol. The number of rotatable bonds is 3. The van der Waals surface area contributed by atoms with Gasteiger partial charge in [0.05, 0.1) is 10.7 Å². The molecule has 2 amide bonds. The quantitative estimate of drug-likeness (QED) is 0.912. The minimum absolute atomic E-state index is 0.00353. The average Bonchev–Trinajstić information content (AvgIpc) is 2.59. The van der Waals surface area contributed by atoms with Crippen molar-refractivity contribution < 1.29 is 13.9 Å². The van der Waals surface area contributed by atoms with E-state index in [-0.39, 0.29) is 17.8 Å². The van der Waals surface area contributed by atoms with Crippen molar-refractivity contribution in [3.63, 3.8) is 0 Å². The number of nitrogens with one attached hydrogen (secondary N) is 1. The maximum absolute atomic E-state index is 13.6. The summed E-state index contributed by atoms with van der Waals surface area (Å²) in [5, 5.41) is 3.15. The fraction of sp³-hybridized carbons (Fsp3) is 0.294. The number of carbonyl (C=O) groups excluding carboxylic acids is 1. The molecule has 1 saturated heterocycles. The van der Waals surface area contributed by atoms with Crippen molar-refractivity contribution in [2.75, 3.05) is 18.4 Å². The lowest BCUT2D eigenvalue weighted by Gasteiger charge is -2.31. The largest absolute Gasteiger partial charge is 0.474 e. The molecular weight excluding hydrogens is 333 g/mol. The third kappa shape index (κ3) is 4.14. The third-order valence-corrected chi connectivity index (χ3v) is 4.06. The van der Waals surface area contributed by atoms with E-state index in [0.717, 1.165) is 0 Å². The molecule has 0 spiro atoms. The molecule has 24 heavy (non-hydrogen) atoms. The normalized spacial score (nSPS) is 15.2. The first kappa shape index (κ1) is 16.5. The van der Waals surface area contributed by atoms with Crippen LogP contribution in [0.5, 0.6) is 5.88 Å². The number of hydrogen-bond acceptors (Lipinski definition) is 3. The molecule has 2 aromatic rings. The number of carbonyl (C=O) groups is 1. The molecule has 1 fully saturated rings. The molecule has 0 radical (unpaired) electrons. The number of aromatic nitrogens is 1. The number of anilines is 1. The first-order valence-corrected chi connectivity index (χ1v) is 8.08. The Labute approximate surface area is 144 Å². The number of piperidine rings is 1. The van der Waals surface area contributed by atoms with Crippen LogP contribution in [0.3, 0.4) is 0 Å². The molecule has 1 aromatic heterocycles. The zero-order valence-corrected chi connectivity index (χ0v) is 13.7. The van der Waals surface area contributed by atoms with E-state index in [4.69, 9.17) is 16.3 Å². The molecule has 7 heteroatoms. The van der Waals surface area contributed by atoms with Crippen LogP contribution in [0.1, 0.15) is 12.8 Å². The van der Waals surface area contributed by atoms with Gasteiger partial charge in [0, 0.05) is 38.2 Å². The second-order valence-electron chi connectivity index (χ2n) is 5.53. The number of ether oxygens (including phenoxy) is 1. The number of nitrogens with zero attached hydrogens (tertiary/aromatic N) is 2. The predicted octanol–water partition coefficient (Wildman–Crippen LogP) is 3.95. The van der Waals surface area contributed by atoms with Crippen LogP contribution >= 0.6 is 11.6 Å². The highest BCUT2D eigenvalue weighted by Crippen LogP contribution is 2.20. The van der Waals surface area contributed by atoms with Gasteiger partial charge in [0.1, 0.15) is 11.9 Å². The van der Waals surface area contributed by atoms with Gasteiger partial charge in [0.25, 0.3) is 0 Å². The van der Waals surface area contributed by atoms with Crippen LogP contribution in [0, 0.1) is 5.82 Å². The number of halogens is 2. The number of hydrogen-bond donors (Lipinski definition) is 1. The Bertz CT molecular complexity index is 703. The number of para-hydroxylation sites is 1. The van der Waals surface area contributed by atoms with Crippen molar-refractivity contribution in [2.24, 2.45) is 0 Å². The van der Waals surface area contributed by atoms with Crippen molar-refractivity contribution in [2.45, 2.75) is 18.9 Å². The Kier molecular flexibility index (Phi) is 5.15. The van der Waals surface area contributed by atoms with Gasteiger partial charge in [0.2, 0.25) is 5.88 Å². The van der Waals surface area contributed by atoms with Gasteiger partial charge in [-0.3, -0.25) is 0 Å². The number of urea groups is 1. The fourth-order valence-electron chi connectivity index (χ4n) is 2.54. The summed E-state index contributed by atoms with van der Waals surface area (Å²) in [5.41, 5.74) is 0.186. The highest BCUT2D eigenvalue weighted by Gasteiger charge is 2.24. The first-order valence-electron chi connectivity index (χ1n) is 7.70. The van der Waals surface area contributed by atoms with E-state index in [1.165, 1.54) is 18.3 Å². The van der Waals surface area contributed by atoms with E-state index in [2.05, 4.69) is 10.3 Å². The van der Waals surface area contributed by atoms with Crippen LogP contribution < -0.4 is 10.1 Å². The zero-order chi connectivity index (χ0) is 16.9. The summed E-state index contributed by atoms with van der Waals surface area (Å²) in [4.78, 5) is 18.0. The fourth-order valence-corrected chi connectivity index (χ4v) is 2.65. The zero-order valence-electron chi connectivity index (χ0n) is 12.9. The van der Waals surface area contributed by atoms with E-state index < -0.39 is 5.82 Å². The van der Waals surface area contributed by atoms with Crippen molar-refractivity contribution in [1.29, 1.82) is 0 Å². The molecule has 3 rings (SSSR count). The summed E-state index contributed by atoms with van der Waals surface area (Å²) in [6.07, 6.45) is 2.91. The summed E-state index contributed by atoms with van der Waals surface area (Å²) in [5.74, 6) is 0.0755. The number of likely N-dealkylation sites (tertiary alicyclic amines) is 1. The van der Waals surface area contributed by atoms with Crippen LogP contribution in [-0.2, 0) is 0 Å². The van der Waals surface area contributed by atoms with Crippen molar-refractivity contribution in [3.8, 4) is 5.88 Å². The Morgan fingerprint density at radius 2 is 2.00 bits per heavy atom. The van der Waals surface area contributed by atoms with Crippen LogP contribution in [0.15, 0.2) is 42.6 Å². The number of benzene rings is 1. The second-order valence-corrected chi connectivity index (χ2v) is 5.97. The highest BCUT2D eigenvalue weighted by atomic mass is 35.5. The van der Waals surface area contributed by atoms with E-state index >= 15 is 0 Å². The Morgan fingerprint density at radius 1 is 1.25 bits per heavy atom. The Balaban J connectivity index is 1.50. The first-order chi connectivity index (χ1) is 11.6. The molecule has 2 heterocycles. The molecule has 0 aliphatic carbocycles. The summed E-state index contributed by atoms with van der Waals surface area (Å²) in [7, 11) is 0. The molecule has 5 nitrogen and oxygen atoms in total. The van der Waals surface area contributed by atoms with Gasteiger partial charge in [-0.15, -0.1) is 0 Å². The molecular formula is C17H17ClFN3O2. The smallest absolute Gasteiger partial charge is 0.321 e. The summed E-state index contributed by atoms with van der Waals surface area (Å²) in [6, 6.07) is 9.25. The molecule has 0 saturated carbocycles. The SMILES string of the molecule is O=C(Nc1ccccc1F)N1CCC(Oc2ccc(Cl)cn2)CC1. The molecule has 0 atom stereocenters. The summed E-state index contributed by atoms with van der Waals surface area (Å²) < 4.78 is 19.4. The third-order valence-electron chi connectivity index (χ3n) is 3.83. The maximum atomic E-state index is 13.6. The van der Waals surface area contributed by atoms with Gasteiger partial charge in [-0.05, 0) is 18.2 Å². The van der Waals surface area contributed by atoms with E-state index in [1.54, 1.807) is 29.2 Å². The van der Waals surface area contributed by atoms with Crippen LogP contribution in [0.25, 0.3) is 0 Å². The number of amides is 2. The van der Waals surface area contributed by atoms with Gasteiger partial charge in [0.15, 0.2) is 0 Å². The number of pyridine rings is 1.